The van der Waals surface area contributed by atoms with Crippen LogP contribution in [0.2, 0.25) is 0 Å². The van der Waals surface area contributed by atoms with E-state index in [1.54, 1.807) is 24.3 Å². The Morgan fingerprint density at radius 1 is 0.833 bits per heavy atom. The van der Waals surface area contributed by atoms with Crippen LogP contribution >= 0.6 is 12.4 Å². The van der Waals surface area contributed by atoms with Gasteiger partial charge in [-0.05, 0) is 54.8 Å². The summed E-state index contributed by atoms with van der Waals surface area (Å²) >= 11 is 0. The Balaban J connectivity index is 0.00000256. The van der Waals surface area contributed by atoms with Crippen LogP contribution in [0.1, 0.15) is 22.4 Å². The fourth-order valence-corrected chi connectivity index (χ4v) is 3.76. The van der Waals surface area contributed by atoms with Gasteiger partial charge in [-0.3, -0.25) is 4.98 Å². The molecular formula is C24H24ClF2N3. The summed E-state index contributed by atoms with van der Waals surface area (Å²) < 4.78 is 28.9. The van der Waals surface area contributed by atoms with Gasteiger partial charge in [-0.15, -0.1) is 12.4 Å². The summed E-state index contributed by atoms with van der Waals surface area (Å²) in [5.74, 6) is -0.507. The van der Waals surface area contributed by atoms with Crippen molar-refractivity contribution >= 4 is 29.0 Å². The van der Waals surface area contributed by atoms with Crippen LogP contribution in [0.15, 0.2) is 60.9 Å². The summed E-state index contributed by atoms with van der Waals surface area (Å²) in [6.07, 6.45) is 3.77. The van der Waals surface area contributed by atoms with Crippen LogP contribution in [-0.2, 0) is 20.1 Å². The van der Waals surface area contributed by atoms with Crippen molar-refractivity contribution in [2.45, 2.75) is 26.9 Å². The molecule has 30 heavy (non-hydrogen) atoms. The molecule has 0 atom stereocenters. The first-order valence-corrected chi connectivity index (χ1v) is 9.57. The van der Waals surface area contributed by atoms with E-state index in [2.05, 4.69) is 35.3 Å². The number of aromatic nitrogens is 2. The molecule has 2 heterocycles. The van der Waals surface area contributed by atoms with Gasteiger partial charge in [0.05, 0.1) is 17.4 Å². The van der Waals surface area contributed by atoms with Crippen LogP contribution < -0.4 is 4.90 Å². The molecule has 0 fully saturated rings. The van der Waals surface area contributed by atoms with E-state index in [9.17, 15) is 8.78 Å². The average Bonchev–Trinajstić information content (AvgIpc) is 2.95. The van der Waals surface area contributed by atoms with E-state index in [1.165, 1.54) is 35.5 Å². The first-order chi connectivity index (χ1) is 13.9. The predicted octanol–water partition coefficient (Wildman–Crippen LogP) is 6.10. The monoisotopic (exact) mass is 427 g/mol. The van der Waals surface area contributed by atoms with Crippen molar-refractivity contribution in [3.63, 3.8) is 0 Å². The van der Waals surface area contributed by atoms with Crippen LogP contribution in [0.25, 0.3) is 10.9 Å². The lowest BCUT2D eigenvalue weighted by atomic mass is 10.1. The highest BCUT2D eigenvalue weighted by Gasteiger charge is 2.18. The Hall–Kier alpha value is -2.92. The largest absolute Gasteiger partial charge is 0.360 e. The molecule has 4 aromatic rings. The van der Waals surface area contributed by atoms with E-state index in [1.807, 2.05) is 12.4 Å². The molecule has 4 rings (SSSR count). The lowest BCUT2D eigenvalue weighted by Gasteiger charge is -2.26. The molecule has 0 N–H and O–H groups in total. The molecule has 3 nitrogen and oxygen atoms in total. The first kappa shape index (κ1) is 21.8. The quantitative estimate of drug-likeness (QED) is 0.384. The second-order valence-electron chi connectivity index (χ2n) is 7.43. The van der Waals surface area contributed by atoms with Gasteiger partial charge in [-0.25, -0.2) is 8.78 Å². The third-order valence-corrected chi connectivity index (χ3v) is 5.60. The maximum absolute atomic E-state index is 13.4. The second-order valence-corrected chi connectivity index (χ2v) is 7.43. The number of rotatable bonds is 5. The highest BCUT2D eigenvalue weighted by molar-refractivity contribution is 5.94. The normalized spacial score (nSPS) is 10.8. The van der Waals surface area contributed by atoms with Gasteiger partial charge >= 0.3 is 0 Å². The number of aryl methyl sites for hydroxylation is 2. The van der Waals surface area contributed by atoms with Crippen LogP contribution in [0.4, 0.5) is 14.5 Å². The smallest absolute Gasteiger partial charge is 0.123 e. The molecule has 0 amide bonds. The molecular weight excluding hydrogens is 404 g/mol. The molecule has 0 aliphatic rings. The van der Waals surface area contributed by atoms with Gasteiger partial charge in [0.2, 0.25) is 0 Å². The van der Waals surface area contributed by atoms with Crippen molar-refractivity contribution in [1.82, 2.24) is 9.55 Å². The number of hydrogen-bond donors (Lipinski definition) is 0. The van der Waals surface area contributed by atoms with Crippen molar-refractivity contribution < 1.29 is 8.78 Å². The number of halogens is 3. The van der Waals surface area contributed by atoms with Crippen molar-refractivity contribution in [2.24, 2.45) is 7.05 Å². The highest BCUT2D eigenvalue weighted by Crippen LogP contribution is 2.33. The van der Waals surface area contributed by atoms with Crippen LogP contribution in [0, 0.1) is 25.5 Å². The van der Waals surface area contributed by atoms with Gasteiger partial charge in [0, 0.05) is 37.4 Å². The summed E-state index contributed by atoms with van der Waals surface area (Å²) in [7, 11) is 2.06. The lowest BCUT2D eigenvalue weighted by Crippen LogP contribution is -2.23. The Labute approximate surface area is 181 Å². The third kappa shape index (κ3) is 4.17. The predicted molar refractivity (Wildman–Crippen MR) is 120 cm³/mol. The van der Waals surface area contributed by atoms with E-state index >= 15 is 0 Å². The van der Waals surface area contributed by atoms with Gasteiger partial charge in [0.15, 0.2) is 0 Å². The number of pyridine rings is 1. The van der Waals surface area contributed by atoms with E-state index in [4.69, 9.17) is 0 Å². The zero-order valence-electron chi connectivity index (χ0n) is 17.2. The SMILES string of the molecule is Cc1c(C)n(C)c2c(N(Cc3ccc(F)cc3)Cc3ccc(F)cc3)cncc12.Cl. The van der Waals surface area contributed by atoms with Crippen molar-refractivity contribution in [3.8, 4) is 0 Å². The Bertz CT molecular complexity index is 1100. The average molecular weight is 428 g/mol. The summed E-state index contributed by atoms with van der Waals surface area (Å²) in [6, 6.07) is 13.1. The maximum Gasteiger partial charge on any atom is 0.123 e. The molecule has 0 saturated heterocycles. The summed E-state index contributed by atoms with van der Waals surface area (Å²) in [4.78, 5) is 6.69. The lowest BCUT2D eigenvalue weighted by molar-refractivity contribution is 0.626. The first-order valence-electron chi connectivity index (χ1n) is 9.57. The fraction of sp³-hybridized carbons (Fsp3) is 0.208. The van der Waals surface area contributed by atoms with Crippen LogP contribution in [0.3, 0.4) is 0 Å². The van der Waals surface area contributed by atoms with E-state index in [0.29, 0.717) is 13.1 Å². The molecule has 0 radical (unpaired) electrons. The van der Waals surface area contributed by atoms with E-state index in [0.717, 1.165) is 27.7 Å². The molecule has 0 aliphatic carbocycles. The summed E-state index contributed by atoms with van der Waals surface area (Å²) in [5.41, 5.74) is 6.49. The Kier molecular flexibility index (Phi) is 6.42. The Morgan fingerprint density at radius 2 is 1.33 bits per heavy atom. The zero-order valence-corrected chi connectivity index (χ0v) is 18.0. The molecule has 0 spiro atoms. The number of benzene rings is 2. The van der Waals surface area contributed by atoms with Crippen LogP contribution in [0.5, 0.6) is 0 Å². The van der Waals surface area contributed by atoms with Gasteiger partial charge in [-0.2, -0.15) is 0 Å². The van der Waals surface area contributed by atoms with Gasteiger partial charge in [0.25, 0.3) is 0 Å². The van der Waals surface area contributed by atoms with E-state index in [-0.39, 0.29) is 24.0 Å². The molecule has 0 unspecified atom stereocenters. The molecule has 6 heteroatoms. The second kappa shape index (κ2) is 8.84. The number of hydrogen-bond acceptors (Lipinski definition) is 2. The Morgan fingerprint density at radius 3 is 1.83 bits per heavy atom. The topological polar surface area (TPSA) is 21.1 Å². The van der Waals surface area contributed by atoms with Gasteiger partial charge < -0.3 is 9.47 Å². The molecule has 0 aliphatic heterocycles. The van der Waals surface area contributed by atoms with Crippen molar-refractivity contribution in [3.05, 3.63) is 94.9 Å². The zero-order chi connectivity index (χ0) is 20.5. The number of nitrogens with zero attached hydrogens (tertiary/aromatic N) is 3. The minimum Gasteiger partial charge on any atom is -0.360 e. The molecule has 0 bridgehead atoms. The minimum atomic E-state index is -0.253. The van der Waals surface area contributed by atoms with Gasteiger partial charge in [0.1, 0.15) is 11.6 Å². The van der Waals surface area contributed by atoms with Crippen LogP contribution in [-0.4, -0.2) is 9.55 Å². The third-order valence-electron chi connectivity index (χ3n) is 5.60. The minimum absolute atomic E-state index is 0. The summed E-state index contributed by atoms with van der Waals surface area (Å²) in [5, 5.41) is 1.12. The standard InChI is InChI=1S/C24H23F2N3.ClH/c1-16-17(2)28(3)24-22(16)12-27-13-23(24)29(14-18-4-8-20(25)9-5-18)15-19-6-10-21(26)11-7-19;/h4-13H,14-15H2,1-3H3;1H. The summed E-state index contributed by atoms with van der Waals surface area (Å²) in [6.45, 7) is 5.38. The fourth-order valence-electron chi connectivity index (χ4n) is 3.76. The molecule has 0 saturated carbocycles. The number of anilines is 1. The van der Waals surface area contributed by atoms with Crippen molar-refractivity contribution in [1.29, 1.82) is 0 Å². The van der Waals surface area contributed by atoms with Gasteiger partial charge in [-0.1, -0.05) is 24.3 Å². The van der Waals surface area contributed by atoms with Crippen molar-refractivity contribution in [2.75, 3.05) is 4.90 Å². The maximum atomic E-state index is 13.4. The molecule has 2 aromatic heterocycles. The molecule has 2 aromatic carbocycles. The number of fused-ring (bicyclic) bond motifs is 1. The molecule has 156 valence electrons. The highest BCUT2D eigenvalue weighted by atomic mass is 35.5. The van der Waals surface area contributed by atoms with E-state index < -0.39 is 0 Å².